The first kappa shape index (κ1) is 17.0. The molecule has 24 heavy (non-hydrogen) atoms. The highest BCUT2D eigenvalue weighted by Crippen LogP contribution is 2.26. The number of nitrogens with zero attached hydrogens (tertiary/aromatic N) is 2. The van der Waals surface area contributed by atoms with Gasteiger partial charge in [-0.2, -0.15) is 0 Å². The number of aromatic nitrogens is 1. The number of methoxy groups -OCH3 is 1. The van der Waals surface area contributed by atoms with Crippen LogP contribution in [0.5, 0.6) is 5.75 Å². The maximum Gasteiger partial charge on any atom is 0.226 e. The molecule has 2 atom stereocenters. The van der Waals surface area contributed by atoms with E-state index in [1.54, 1.807) is 13.4 Å². The van der Waals surface area contributed by atoms with Crippen molar-refractivity contribution < 1.29 is 14.3 Å². The monoisotopic (exact) mass is 330 g/mol. The number of ether oxygens (including phenoxy) is 1. The van der Waals surface area contributed by atoms with Crippen molar-refractivity contribution in [2.75, 3.05) is 20.3 Å². The van der Waals surface area contributed by atoms with E-state index in [1.165, 1.54) is 12.8 Å². The Morgan fingerprint density at radius 1 is 1.33 bits per heavy atom. The van der Waals surface area contributed by atoms with Crippen LogP contribution in [0.4, 0.5) is 0 Å². The van der Waals surface area contributed by atoms with Crippen LogP contribution in [-0.4, -0.2) is 41.3 Å². The number of aliphatic hydroxyl groups excluding tert-OH is 1. The molecule has 3 rings (SSSR count). The van der Waals surface area contributed by atoms with Gasteiger partial charge in [0, 0.05) is 24.8 Å². The summed E-state index contributed by atoms with van der Waals surface area (Å²) in [7, 11) is 1.65. The van der Waals surface area contributed by atoms with Crippen LogP contribution in [0.2, 0.25) is 0 Å². The van der Waals surface area contributed by atoms with E-state index in [9.17, 15) is 5.11 Å². The molecule has 0 saturated carbocycles. The van der Waals surface area contributed by atoms with Gasteiger partial charge in [-0.25, -0.2) is 4.98 Å². The van der Waals surface area contributed by atoms with Crippen LogP contribution in [-0.2, 0) is 6.54 Å². The van der Waals surface area contributed by atoms with E-state index in [-0.39, 0.29) is 6.61 Å². The smallest absolute Gasteiger partial charge is 0.226 e. The molecule has 5 nitrogen and oxygen atoms in total. The third-order valence-electron chi connectivity index (χ3n) is 4.86. The summed E-state index contributed by atoms with van der Waals surface area (Å²) >= 11 is 0. The van der Waals surface area contributed by atoms with E-state index >= 15 is 0 Å². The fourth-order valence-electron chi connectivity index (χ4n) is 3.43. The third-order valence-corrected chi connectivity index (χ3v) is 4.86. The molecule has 2 heterocycles. The lowest BCUT2D eigenvalue weighted by atomic mass is 9.92. The lowest BCUT2D eigenvalue weighted by Gasteiger charge is -2.38. The summed E-state index contributed by atoms with van der Waals surface area (Å²) in [5.74, 6) is 1.74. The fraction of sp³-hybridized carbons (Fsp3) is 0.526. The highest BCUT2D eigenvalue weighted by Gasteiger charge is 2.27. The van der Waals surface area contributed by atoms with Gasteiger partial charge in [-0.15, -0.1) is 0 Å². The number of benzene rings is 1. The average molecular weight is 330 g/mol. The van der Waals surface area contributed by atoms with E-state index in [2.05, 4.69) is 16.8 Å². The maximum absolute atomic E-state index is 9.50. The summed E-state index contributed by atoms with van der Waals surface area (Å²) in [6, 6.07) is 8.13. The zero-order chi connectivity index (χ0) is 16.9. The Labute approximate surface area is 143 Å². The minimum absolute atomic E-state index is 0.233. The first-order valence-corrected chi connectivity index (χ1v) is 8.65. The van der Waals surface area contributed by atoms with Crippen LogP contribution in [0.3, 0.4) is 0 Å². The van der Waals surface area contributed by atoms with Gasteiger partial charge in [0.05, 0.1) is 12.8 Å². The molecule has 0 aliphatic carbocycles. The normalized spacial score (nSPS) is 20.0. The second-order valence-electron chi connectivity index (χ2n) is 6.57. The van der Waals surface area contributed by atoms with Crippen molar-refractivity contribution in [3.63, 3.8) is 0 Å². The second kappa shape index (κ2) is 7.81. The van der Waals surface area contributed by atoms with Crippen LogP contribution in [0.25, 0.3) is 11.5 Å². The number of likely N-dealkylation sites (tertiary alicyclic amines) is 1. The highest BCUT2D eigenvalue weighted by atomic mass is 16.5. The predicted octanol–water partition coefficient (Wildman–Crippen LogP) is 3.33. The van der Waals surface area contributed by atoms with Gasteiger partial charge in [-0.05, 0) is 49.6 Å². The van der Waals surface area contributed by atoms with Crippen molar-refractivity contribution in [2.45, 2.75) is 38.8 Å². The van der Waals surface area contributed by atoms with Gasteiger partial charge in [0.2, 0.25) is 5.89 Å². The van der Waals surface area contributed by atoms with Crippen molar-refractivity contribution in [3.8, 4) is 17.2 Å². The molecule has 1 aromatic carbocycles. The average Bonchev–Trinajstić information content (AvgIpc) is 3.10. The summed E-state index contributed by atoms with van der Waals surface area (Å²) < 4.78 is 10.8. The molecule has 1 aromatic heterocycles. The van der Waals surface area contributed by atoms with Crippen molar-refractivity contribution >= 4 is 0 Å². The Balaban J connectivity index is 1.70. The Hall–Kier alpha value is -1.85. The Morgan fingerprint density at radius 2 is 2.12 bits per heavy atom. The number of rotatable bonds is 6. The topological polar surface area (TPSA) is 58.7 Å². The molecule has 1 aliphatic heterocycles. The standard InChI is InChI=1S/C19H26N2O3/c1-14(12-22)18-5-3-4-10-21(18)11-16-13-24-19(20-16)15-6-8-17(23-2)9-7-15/h6-9,13-14,18,22H,3-5,10-12H2,1-2H3. The molecule has 2 aromatic rings. The molecule has 1 saturated heterocycles. The van der Waals surface area contributed by atoms with Gasteiger partial charge in [0.25, 0.3) is 0 Å². The number of oxazole rings is 1. The summed E-state index contributed by atoms with van der Waals surface area (Å²) in [5, 5.41) is 9.50. The van der Waals surface area contributed by atoms with Crippen molar-refractivity contribution in [1.29, 1.82) is 0 Å². The number of hydrogen-bond donors (Lipinski definition) is 1. The maximum atomic E-state index is 9.50. The minimum atomic E-state index is 0.233. The van der Waals surface area contributed by atoms with Gasteiger partial charge in [0.15, 0.2) is 0 Å². The number of aliphatic hydroxyl groups is 1. The summed E-state index contributed by atoms with van der Waals surface area (Å²) in [6.45, 7) is 4.18. The van der Waals surface area contributed by atoms with Gasteiger partial charge < -0.3 is 14.3 Å². The number of piperidine rings is 1. The molecule has 0 spiro atoms. The van der Waals surface area contributed by atoms with Gasteiger partial charge in [-0.3, -0.25) is 4.90 Å². The molecular weight excluding hydrogens is 304 g/mol. The zero-order valence-electron chi connectivity index (χ0n) is 14.4. The lowest BCUT2D eigenvalue weighted by Crippen LogP contribution is -2.43. The molecule has 0 amide bonds. The molecule has 1 aliphatic rings. The van der Waals surface area contributed by atoms with E-state index in [1.807, 2.05) is 24.3 Å². The van der Waals surface area contributed by atoms with Gasteiger partial charge >= 0.3 is 0 Å². The van der Waals surface area contributed by atoms with Gasteiger partial charge in [0.1, 0.15) is 12.0 Å². The SMILES string of the molecule is COc1ccc(-c2nc(CN3CCCCC3C(C)CO)co2)cc1. The fourth-order valence-corrected chi connectivity index (χ4v) is 3.43. The summed E-state index contributed by atoms with van der Waals surface area (Å²) in [4.78, 5) is 7.07. The highest BCUT2D eigenvalue weighted by molar-refractivity contribution is 5.54. The molecule has 1 N–H and O–H groups in total. The van der Waals surface area contributed by atoms with E-state index < -0.39 is 0 Å². The lowest BCUT2D eigenvalue weighted by molar-refractivity contribution is 0.0684. The van der Waals surface area contributed by atoms with Crippen molar-refractivity contribution in [3.05, 3.63) is 36.2 Å². The predicted molar refractivity (Wildman–Crippen MR) is 92.8 cm³/mol. The third kappa shape index (κ3) is 3.79. The van der Waals surface area contributed by atoms with E-state index in [4.69, 9.17) is 9.15 Å². The van der Waals surface area contributed by atoms with Crippen LogP contribution in [0, 0.1) is 5.92 Å². The molecule has 0 bridgehead atoms. The van der Waals surface area contributed by atoms with Crippen molar-refractivity contribution in [2.24, 2.45) is 5.92 Å². The zero-order valence-corrected chi connectivity index (χ0v) is 14.4. The van der Waals surface area contributed by atoms with E-state index in [0.717, 1.165) is 36.5 Å². The molecular formula is C19H26N2O3. The summed E-state index contributed by atoms with van der Waals surface area (Å²) in [5.41, 5.74) is 1.89. The Bertz CT molecular complexity index is 638. The minimum Gasteiger partial charge on any atom is -0.497 e. The molecule has 1 fully saturated rings. The van der Waals surface area contributed by atoms with Crippen LogP contribution < -0.4 is 4.74 Å². The van der Waals surface area contributed by atoms with Crippen LogP contribution in [0.1, 0.15) is 31.9 Å². The Morgan fingerprint density at radius 3 is 2.83 bits per heavy atom. The second-order valence-corrected chi connectivity index (χ2v) is 6.57. The Kier molecular flexibility index (Phi) is 5.53. The first-order valence-electron chi connectivity index (χ1n) is 8.65. The molecule has 5 heteroatoms. The molecule has 130 valence electrons. The number of hydrogen-bond acceptors (Lipinski definition) is 5. The van der Waals surface area contributed by atoms with Crippen LogP contribution in [0.15, 0.2) is 34.9 Å². The van der Waals surface area contributed by atoms with Crippen LogP contribution >= 0.6 is 0 Å². The van der Waals surface area contributed by atoms with E-state index in [0.29, 0.717) is 17.9 Å². The summed E-state index contributed by atoms with van der Waals surface area (Å²) in [6.07, 6.45) is 5.33. The molecule has 2 unspecified atom stereocenters. The molecule has 0 radical (unpaired) electrons. The first-order chi connectivity index (χ1) is 11.7. The quantitative estimate of drug-likeness (QED) is 0.880. The van der Waals surface area contributed by atoms with Crippen molar-refractivity contribution in [1.82, 2.24) is 9.88 Å². The largest absolute Gasteiger partial charge is 0.497 e. The van der Waals surface area contributed by atoms with Gasteiger partial charge in [-0.1, -0.05) is 13.3 Å².